The van der Waals surface area contributed by atoms with Crippen LogP contribution in [0.15, 0.2) is 60.7 Å². The van der Waals surface area contributed by atoms with Gasteiger partial charge in [-0.1, -0.05) is 47.5 Å². The Morgan fingerprint density at radius 2 is 1.91 bits per heavy atom. The summed E-state index contributed by atoms with van der Waals surface area (Å²) in [7, 11) is 0. The highest BCUT2D eigenvalue weighted by atomic mass is 35.5. The van der Waals surface area contributed by atoms with E-state index in [4.69, 9.17) is 33.0 Å². The molecule has 3 aromatic rings. The van der Waals surface area contributed by atoms with Crippen LogP contribution in [0, 0.1) is 0 Å². The number of carboxylic acids is 1. The van der Waals surface area contributed by atoms with Crippen molar-refractivity contribution in [2.24, 2.45) is 0 Å². The predicted octanol–water partition coefficient (Wildman–Crippen LogP) is 5.80. The van der Waals surface area contributed by atoms with Gasteiger partial charge in [-0.05, 0) is 72.4 Å². The molecule has 0 saturated carbocycles. The normalized spacial score (nSPS) is 16.0. The van der Waals surface area contributed by atoms with Crippen molar-refractivity contribution < 1.29 is 23.4 Å². The minimum absolute atomic E-state index is 0.430. The van der Waals surface area contributed by atoms with Crippen LogP contribution in [0.25, 0.3) is 11.1 Å². The SMILES string of the molecule is O=C(O)COc1cccc2c1CCCC2N(c1ccc(-c2cc(Cl)ccc2Cl)cc1)S(=O)[O-]. The summed E-state index contributed by atoms with van der Waals surface area (Å²) in [6.07, 6.45) is 2.06. The van der Waals surface area contributed by atoms with Crippen LogP contribution in [0.4, 0.5) is 5.69 Å². The van der Waals surface area contributed by atoms with Crippen LogP contribution in [-0.2, 0) is 22.5 Å². The summed E-state index contributed by atoms with van der Waals surface area (Å²) in [6, 6.07) is 17.2. The van der Waals surface area contributed by atoms with Crippen LogP contribution in [0.2, 0.25) is 10.0 Å². The van der Waals surface area contributed by atoms with Crippen molar-refractivity contribution in [3.05, 3.63) is 81.8 Å². The topological polar surface area (TPSA) is 89.9 Å². The summed E-state index contributed by atoms with van der Waals surface area (Å²) in [6.45, 7) is -0.453. The van der Waals surface area contributed by atoms with Gasteiger partial charge in [0.2, 0.25) is 0 Å². The number of nitrogens with zero attached hydrogens (tertiary/aromatic N) is 1. The molecule has 33 heavy (non-hydrogen) atoms. The van der Waals surface area contributed by atoms with Crippen molar-refractivity contribution in [2.75, 3.05) is 10.9 Å². The van der Waals surface area contributed by atoms with E-state index in [1.807, 2.05) is 18.2 Å². The Labute approximate surface area is 204 Å². The van der Waals surface area contributed by atoms with E-state index in [-0.39, 0.29) is 0 Å². The minimum Gasteiger partial charge on any atom is -0.755 e. The van der Waals surface area contributed by atoms with Crippen molar-refractivity contribution in [1.82, 2.24) is 0 Å². The smallest absolute Gasteiger partial charge is 0.341 e. The fourth-order valence-electron chi connectivity index (χ4n) is 4.18. The summed E-state index contributed by atoms with van der Waals surface area (Å²) in [5, 5.41) is 10.1. The van der Waals surface area contributed by atoms with Crippen LogP contribution in [0.5, 0.6) is 5.75 Å². The van der Waals surface area contributed by atoms with E-state index >= 15 is 0 Å². The Kier molecular flexibility index (Phi) is 7.24. The highest BCUT2D eigenvalue weighted by Crippen LogP contribution is 2.41. The van der Waals surface area contributed by atoms with Gasteiger partial charge in [0, 0.05) is 32.6 Å². The first kappa shape index (κ1) is 23.6. The Bertz CT molecular complexity index is 1200. The molecule has 0 heterocycles. The quantitative estimate of drug-likeness (QED) is 0.410. The van der Waals surface area contributed by atoms with Gasteiger partial charge in [-0.2, -0.15) is 0 Å². The number of benzene rings is 3. The van der Waals surface area contributed by atoms with Gasteiger partial charge in [0.15, 0.2) is 6.61 Å². The van der Waals surface area contributed by atoms with Crippen LogP contribution in [-0.4, -0.2) is 26.4 Å². The minimum atomic E-state index is -2.53. The lowest BCUT2D eigenvalue weighted by atomic mass is 9.87. The van der Waals surface area contributed by atoms with Crippen LogP contribution >= 0.6 is 23.2 Å². The number of ether oxygens (including phenoxy) is 1. The number of halogens is 2. The maximum atomic E-state index is 12.3. The molecule has 172 valence electrons. The third-order valence-electron chi connectivity index (χ3n) is 5.59. The molecule has 1 aliphatic rings. The molecular formula is C24H20Cl2NO5S-. The summed E-state index contributed by atoms with van der Waals surface area (Å²) in [4.78, 5) is 10.9. The van der Waals surface area contributed by atoms with Crippen LogP contribution < -0.4 is 9.04 Å². The van der Waals surface area contributed by atoms with E-state index < -0.39 is 29.9 Å². The van der Waals surface area contributed by atoms with Crippen LogP contribution in [0.1, 0.15) is 30.0 Å². The molecule has 0 amide bonds. The van der Waals surface area contributed by atoms with E-state index in [0.717, 1.165) is 28.7 Å². The number of carboxylic acid groups (broad SMARTS) is 1. The maximum absolute atomic E-state index is 12.3. The molecule has 0 spiro atoms. The molecule has 2 unspecified atom stereocenters. The Morgan fingerprint density at radius 3 is 2.61 bits per heavy atom. The number of carbonyl (C=O) groups is 1. The number of fused-ring (bicyclic) bond motifs is 1. The fraction of sp³-hybridized carbons (Fsp3) is 0.208. The number of aliphatic carboxylic acids is 1. The fourth-order valence-corrected chi connectivity index (χ4v) is 5.30. The Balaban J connectivity index is 1.68. The number of anilines is 1. The largest absolute Gasteiger partial charge is 0.755 e. The van der Waals surface area contributed by atoms with Gasteiger partial charge >= 0.3 is 5.97 Å². The van der Waals surface area contributed by atoms with Gasteiger partial charge < -0.3 is 14.4 Å². The van der Waals surface area contributed by atoms with Gasteiger partial charge in [0.25, 0.3) is 0 Å². The number of hydrogen-bond acceptors (Lipinski definition) is 4. The highest BCUT2D eigenvalue weighted by molar-refractivity contribution is 7.80. The summed E-state index contributed by atoms with van der Waals surface area (Å²) >= 11 is 9.87. The zero-order valence-corrected chi connectivity index (χ0v) is 19.7. The first-order valence-electron chi connectivity index (χ1n) is 10.3. The van der Waals surface area contributed by atoms with Gasteiger partial charge in [0.05, 0.1) is 6.04 Å². The molecule has 3 aromatic carbocycles. The van der Waals surface area contributed by atoms with Gasteiger partial charge in [-0.3, -0.25) is 8.51 Å². The first-order chi connectivity index (χ1) is 15.8. The van der Waals surface area contributed by atoms with E-state index in [1.165, 1.54) is 4.31 Å². The summed E-state index contributed by atoms with van der Waals surface area (Å²) < 4.78 is 31.5. The molecule has 1 N–H and O–H groups in total. The molecule has 2 atom stereocenters. The van der Waals surface area contributed by atoms with Crippen molar-refractivity contribution in [1.29, 1.82) is 0 Å². The second kappa shape index (κ2) is 10.1. The van der Waals surface area contributed by atoms with Crippen LogP contribution in [0.3, 0.4) is 0 Å². The number of hydrogen-bond donors (Lipinski definition) is 1. The third-order valence-corrected chi connectivity index (χ3v) is 6.94. The Morgan fingerprint density at radius 1 is 1.15 bits per heavy atom. The molecule has 0 saturated heterocycles. The highest BCUT2D eigenvalue weighted by Gasteiger charge is 2.29. The lowest BCUT2D eigenvalue weighted by Gasteiger charge is -2.38. The van der Waals surface area contributed by atoms with Gasteiger partial charge in [-0.25, -0.2) is 4.79 Å². The molecule has 0 bridgehead atoms. The van der Waals surface area contributed by atoms with E-state index in [0.29, 0.717) is 34.3 Å². The van der Waals surface area contributed by atoms with Crippen molar-refractivity contribution in [3.8, 4) is 16.9 Å². The molecule has 0 fully saturated rings. The van der Waals surface area contributed by atoms with E-state index in [9.17, 15) is 13.6 Å². The average molecular weight is 505 g/mol. The summed E-state index contributed by atoms with van der Waals surface area (Å²) in [5.41, 5.74) is 3.74. The van der Waals surface area contributed by atoms with Gasteiger partial charge in [-0.15, -0.1) is 0 Å². The maximum Gasteiger partial charge on any atom is 0.341 e. The molecule has 0 aromatic heterocycles. The molecule has 9 heteroatoms. The molecule has 1 aliphatic carbocycles. The van der Waals surface area contributed by atoms with Crippen molar-refractivity contribution in [3.63, 3.8) is 0 Å². The first-order valence-corrected chi connectivity index (χ1v) is 12.0. The monoisotopic (exact) mass is 504 g/mol. The molecule has 6 nitrogen and oxygen atoms in total. The molecule has 0 radical (unpaired) electrons. The third kappa shape index (κ3) is 5.17. The van der Waals surface area contributed by atoms with Crippen molar-refractivity contribution >= 4 is 46.1 Å². The standard InChI is InChI=1S/C24H21Cl2NO5S/c25-16-9-12-21(26)20(13-16)15-7-10-17(11-8-15)27(33(30)31)22-5-1-4-19-18(22)3-2-6-23(19)32-14-24(28)29/h2-3,6-13,22H,1,4-5,14H2,(H,28,29)(H,30,31)/p-1. The lowest BCUT2D eigenvalue weighted by molar-refractivity contribution is -0.139. The average Bonchev–Trinajstić information content (AvgIpc) is 2.80. The Hall–Kier alpha value is -2.58. The van der Waals surface area contributed by atoms with Crippen molar-refractivity contribution in [2.45, 2.75) is 25.3 Å². The second-order valence-electron chi connectivity index (χ2n) is 7.63. The summed E-state index contributed by atoms with van der Waals surface area (Å²) in [5.74, 6) is -0.593. The molecular weight excluding hydrogens is 485 g/mol. The molecule has 0 aliphatic heterocycles. The zero-order chi connectivity index (χ0) is 23.5. The predicted molar refractivity (Wildman–Crippen MR) is 129 cm³/mol. The van der Waals surface area contributed by atoms with E-state index in [1.54, 1.807) is 42.5 Å². The number of rotatable bonds is 7. The second-order valence-corrected chi connectivity index (χ2v) is 9.30. The van der Waals surface area contributed by atoms with E-state index in [2.05, 4.69) is 0 Å². The zero-order valence-electron chi connectivity index (χ0n) is 17.4. The molecule has 4 rings (SSSR count). The lowest BCUT2D eigenvalue weighted by Crippen LogP contribution is -2.33. The van der Waals surface area contributed by atoms with Gasteiger partial charge in [0.1, 0.15) is 5.75 Å².